The van der Waals surface area contributed by atoms with Gasteiger partial charge in [-0.1, -0.05) is 42.0 Å². The molecular weight excluding hydrogens is 569 g/mol. The highest BCUT2D eigenvalue weighted by molar-refractivity contribution is 6.02. The first-order valence-corrected chi connectivity index (χ1v) is 12.8. The average Bonchev–Trinajstić information content (AvgIpc) is 3.44. The van der Waals surface area contributed by atoms with Gasteiger partial charge in [-0.2, -0.15) is 13.2 Å². The number of methoxy groups -OCH3 is 1. The Balaban J connectivity index is 1.54. The number of benzene rings is 3. The number of halogens is 7. The summed E-state index contributed by atoms with van der Waals surface area (Å²) in [5.74, 6) is -8.77. The van der Waals surface area contributed by atoms with Crippen molar-refractivity contribution in [1.29, 1.82) is 0 Å². The smallest absolute Gasteiger partial charge is 0.419 e. The number of fused-ring (bicyclic) bond motifs is 2. The van der Waals surface area contributed by atoms with Crippen LogP contribution < -0.4 is 15.4 Å². The molecule has 42 heavy (non-hydrogen) atoms. The van der Waals surface area contributed by atoms with Crippen LogP contribution in [0.3, 0.4) is 0 Å². The predicted molar refractivity (Wildman–Crippen MR) is 139 cm³/mol. The zero-order valence-electron chi connectivity index (χ0n) is 21.9. The quantitative estimate of drug-likeness (QED) is 0.313. The van der Waals surface area contributed by atoms with Gasteiger partial charge < -0.3 is 15.4 Å². The third-order valence-corrected chi connectivity index (χ3v) is 7.74. The Morgan fingerprint density at radius 1 is 0.952 bits per heavy atom. The van der Waals surface area contributed by atoms with Gasteiger partial charge in [0.2, 0.25) is 5.67 Å². The van der Waals surface area contributed by atoms with Gasteiger partial charge >= 0.3 is 6.18 Å². The monoisotopic (exact) mass is 592 g/mol. The normalized spacial score (nSPS) is 24.1. The molecule has 3 aromatic rings. The maximum Gasteiger partial charge on any atom is 0.419 e. The lowest BCUT2D eigenvalue weighted by Crippen LogP contribution is -2.59. The van der Waals surface area contributed by atoms with Crippen molar-refractivity contribution < 1.29 is 45.1 Å². The van der Waals surface area contributed by atoms with E-state index in [1.807, 2.05) is 0 Å². The molecule has 0 radical (unpaired) electrons. The van der Waals surface area contributed by atoms with Crippen LogP contribution in [0.4, 0.5) is 36.4 Å². The molecule has 2 saturated carbocycles. The van der Waals surface area contributed by atoms with E-state index in [1.165, 1.54) is 0 Å². The summed E-state index contributed by atoms with van der Waals surface area (Å²) >= 11 is 0. The molecule has 0 heterocycles. The number of rotatable bonds is 6. The fourth-order valence-corrected chi connectivity index (χ4v) is 5.85. The van der Waals surface area contributed by atoms with E-state index < -0.39 is 75.8 Å². The Labute approximate surface area is 235 Å². The van der Waals surface area contributed by atoms with Crippen molar-refractivity contribution in [2.75, 3.05) is 12.4 Å². The standard InChI is InChI=1S/C30H23F7N2O3/c1-42-25-14-24(33)23(32)13-19(25)27(40)39-26-17-8-9-20(18(17)11-15-5-3-2-4-6-15)29(26,34)28(41)38-16-7-10-22(31)21(12-16)30(35,36)37/h2-7,10-14,17,20,26H,8-9H2,1H3,(H,38,41)(H,39,40)/b18-11-/t17?,20?,26-,29-/m1/s1. The number of hydrogen-bond donors (Lipinski definition) is 2. The Hall–Kier alpha value is -4.35. The number of anilines is 1. The van der Waals surface area contributed by atoms with E-state index in [9.17, 15) is 35.9 Å². The molecular formula is C30H23F7N2O3. The number of carbonyl (C=O) groups excluding carboxylic acids is 2. The number of alkyl halides is 4. The summed E-state index contributed by atoms with van der Waals surface area (Å²) in [6, 6.07) is 10.2. The summed E-state index contributed by atoms with van der Waals surface area (Å²) in [4.78, 5) is 26.8. The van der Waals surface area contributed by atoms with Crippen LogP contribution in [0.25, 0.3) is 6.08 Å². The molecule has 12 heteroatoms. The van der Waals surface area contributed by atoms with Gasteiger partial charge in [-0.05, 0) is 42.7 Å². The molecule has 2 amide bonds. The van der Waals surface area contributed by atoms with Crippen molar-refractivity contribution in [2.24, 2.45) is 11.8 Å². The summed E-state index contributed by atoms with van der Waals surface area (Å²) < 4.78 is 104. The second kappa shape index (κ2) is 10.8. The molecule has 2 aliphatic rings. The maximum atomic E-state index is 17.2. The molecule has 2 fully saturated rings. The molecule has 220 valence electrons. The first-order valence-electron chi connectivity index (χ1n) is 12.8. The second-order valence-corrected chi connectivity index (χ2v) is 10.1. The van der Waals surface area contributed by atoms with Crippen molar-refractivity contribution in [2.45, 2.75) is 30.7 Å². The van der Waals surface area contributed by atoms with E-state index in [0.717, 1.165) is 13.2 Å². The van der Waals surface area contributed by atoms with Crippen LogP contribution in [0.5, 0.6) is 5.75 Å². The highest BCUT2D eigenvalue weighted by Crippen LogP contribution is 2.57. The fourth-order valence-electron chi connectivity index (χ4n) is 5.85. The summed E-state index contributed by atoms with van der Waals surface area (Å²) in [7, 11) is 1.12. The lowest BCUT2D eigenvalue weighted by molar-refractivity contribution is -0.140. The molecule has 0 saturated heterocycles. The van der Waals surface area contributed by atoms with Crippen LogP contribution >= 0.6 is 0 Å². The van der Waals surface area contributed by atoms with Crippen LogP contribution in [-0.4, -0.2) is 30.6 Å². The third kappa shape index (κ3) is 5.10. The number of amides is 2. The van der Waals surface area contributed by atoms with Crippen molar-refractivity contribution in [1.82, 2.24) is 5.32 Å². The summed E-state index contributed by atoms with van der Waals surface area (Å²) in [5, 5.41) is 4.56. The van der Waals surface area contributed by atoms with Crippen LogP contribution in [0.2, 0.25) is 0 Å². The van der Waals surface area contributed by atoms with Gasteiger partial charge in [0.25, 0.3) is 11.8 Å². The molecule has 5 nitrogen and oxygen atoms in total. The fraction of sp³-hybridized carbons (Fsp3) is 0.267. The molecule has 2 unspecified atom stereocenters. The molecule has 2 aliphatic carbocycles. The minimum absolute atomic E-state index is 0.186. The molecule has 0 aliphatic heterocycles. The van der Waals surface area contributed by atoms with Crippen LogP contribution in [0, 0.1) is 29.3 Å². The number of carbonyl (C=O) groups is 2. The lowest BCUT2D eigenvalue weighted by atomic mass is 9.80. The van der Waals surface area contributed by atoms with E-state index in [0.29, 0.717) is 41.8 Å². The molecule has 5 rings (SSSR count). The first kappa shape index (κ1) is 29.2. The Kier molecular flexibility index (Phi) is 7.50. The van der Waals surface area contributed by atoms with Gasteiger partial charge in [0.05, 0.1) is 24.3 Å². The van der Waals surface area contributed by atoms with Crippen molar-refractivity contribution in [3.05, 3.63) is 100 Å². The van der Waals surface area contributed by atoms with E-state index in [2.05, 4.69) is 10.6 Å². The molecule has 2 bridgehead atoms. The Morgan fingerprint density at radius 3 is 2.31 bits per heavy atom. The van der Waals surface area contributed by atoms with Gasteiger partial charge in [-0.15, -0.1) is 0 Å². The molecule has 4 atom stereocenters. The third-order valence-electron chi connectivity index (χ3n) is 7.74. The molecule has 0 aromatic heterocycles. The average molecular weight is 593 g/mol. The number of ether oxygens (including phenoxy) is 1. The summed E-state index contributed by atoms with van der Waals surface area (Å²) in [5.41, 5.74) is -4.30. The summed E-state index contributed by atoms with van der Waals surface area (Å²) in [6.07, 6.45) is -2.84. The topological polar surface area (TPSA) is 67.4 Å². The van der Waals surface area contributed by atoms with E-state index in [-0.39, 0.29) is 12.2 Å². The highest BCUT2D eigenvalue weighted by atomic mass is 19.4. The summed E-state index contributed by atoms with van der Waals surface area (Å²) in [6.45, 7) is 0. The number of hydrogen-bond acceptors (Lipinski definition) is 3. The van der Waals surface area contributed by atoms with Gasteiger partial charge in [0.15, 0.2) is 11.6 Å². The maximum absolute atomic E-state index is 17.2. The van der Waals surface area contributed by atoms with E-state index in [1.54, 1.807) is 36.4 Å². The van der Waals surface area contributed by atoms with Gasteiger partial charge in [0.1, 0.15) is 11.6 Å². The zero-order chi connectivity index (χ0) is 30.4. The molecule has 3 aromatic carbocycles. The minimum atomic E-state index is -5.07. The Morgan fingerprint density at radius 2 is 1.64 bits per heavy atom. The zero-order valence-corrected chi connectivity index (χ0v) is 21.9. The van der Waals surface area contributed by atoms with Crippen LogP contribution in [0.15, 0.2) is 66.2 Å². The second-order valence-electron chi connectivity index (χ2n) is 10.1. The van der Waals surface area contributed by atoms with Crippen molar-refractivity contribution in [3.63, 3.8) is 0 Å². The minimum Gasteiger partial charge on any atom is -0.496 e. The van der Waals surface area contributed by atoms with E-state index >= 15 is 4.39 Å². The van der Waals surface area contributed by atoms with Gasteiger partial charge in [0, 0.05) is 23.6 Å². The van der Waals surface area contributed by atoms with Gasteiger partial charge in [-0.25, -0.2) is 17.6 Å². The predicted octanol–water partition coefficient (Wildman–Crippen LogP) is 6.70. The van der Waals surface area contributed by atoms with Gasteiger partial charge in [-0.3, -0.25) is 9.59 Å². The number of nitrogens with one attached hydrogen (secondary N) is 2. The molecule has 0 spiro atoms. The lowest BCUT2D eigenvalue weighted by Gasteiger charge is -2.36. The van der Waals surface area contributed by atoms with Crippen LogP contribution in [0.1, 0.15) is 34.3 Å². The highest BCUT2D eigenvalue weighted by Gasteiger charge is 2.66. The first-order chi connectivity index (χ1) is 19.8. The largest absolute Gasteiger partial charge is 0.496 e. The SMILES string of the molecule is COc1cc(F)c(F)cc1C(=O)N[C@@H]1C2CCC(/C2=C\c2ccccc2)[C@]1(F)C(=O)Nc1ccc(F)c(C(F)(F)F)c1. The van der Waals surface area contributed by atoms with E-state index in [4.69, 9.17) is 4.74 Å². The van der Waals surface area contributed by atoms with Crippen LogP contribution in [-0.2, 0) is 11.0 Å². The van der Waals surface area contributed by atoms with Crippen molar-refractivity contribution in [3.8, 4) is 5.75 Å². The molecule has 2 N–H and O–H groups in total. The Bertz CT molecular complexity index is 1580. The van der Waals surface area contributed by atoms with Crippen molar-refractivity contribution >= 4 is 23.6 Å².